The monoisotopic (exact) mass is 445 g/mol. The molecular weight excluding hydrogens is 425 g/mol. The number of carbonyl (C=O) groups is 1. The number of hydrogen-bond acceptors (Lipinski definition) is 6. The van der Waals surface area contributed by atoms with E-state index in [1.165, 1.54) is 11.3 Å². The van der Waals surface area contributed by atoms with Crippen molar-refractivity contribution in [3.05, 3.63) is 46.3 Å². The second kappa shape index (κ2) is 9.16. The van der Waals surface area contributed by atoms with Crippen LogP contribution in [0.5, 0.6) is 0 Å². The van der Waals surface area contributed by atoms with Crippen molar-refractivity contribution < 1.29 is 4.79 Å². The van der Waals surface area contributed by atoms with Crippen LogP contribution in [0, 0.1) is 6.92 Å². The number of nitrogens with one attached hydrogen (secondary N) is 1. The van der Waals surface area contributed by atoms with Gasteiger partial charge in [0.2, 0.25) is 0 Å². The average Bonchev–Trinajstić information content (AvgIpc) is 3.35. The van der Waals surface area contributed by atoms with E-state index in [1.807, 2.05) is 47.1 Å². The number of carbonyl (C=O) groups excluding carboxylic acids is 1. The minimum Gasteiger partial charge on any atom is -0.336 e. The third kappa shape index (κ3) is 4.20. The molecule has 1 fully saturated rings. The molecule has 4 heterocycles. The van der Waals surface area contributed by atoms with E-state index in [9.17, 15) is 4.79 Å². The number of imidazole rings is 1. The van der Waals surface area contributed by atoms with Crippen LogP contribution in [-0.4, -0.2) is 45.0 Å². The van der Waals surface area contributed by atoms with Crippen LogP contribution in [0.15, 0.2) is 29.9 Å². The number of nitrogens with zero attached hydrogens (tertiary/aromatic N) is 4. The first-order chi connectivity index (χ1) is 12.1. The molecule has 1 N–H and O–H groups in total. The number of aryl methyl sites for hydroxylation is 2. The van der Waals surface area contributed by atoms with Crippen molar-refractivity contribution in [1.29, 1.82) is 0 Å². The van der Waals surface area contributed by atoms with E-state index < -0.39 is 0 Å². The highest BCUT2D eigenvalue weighted by Gasteiger charge is 2.33. The number of thiophene rings is 1. The van der Waals surface area contributed by atoms with E-state index >= 15 is 0 Å². The van der Waals surface area contributed by atoms with Gasteiger partial charge in [0.25, 0.3) is 5.91 Å². The molecule has 1 saturated heterocycles. The Morgan fingerprint density at radius 3 is 2.85 bits per heavy atom. The number of halogens is 2. The quantitative estimate of drug-likeness (QED) is 0.669. The third-order valence-electron chi connectivity index (χ3n) is 4.38. The zero-order valence-electron chi connectivity index (χ0n) is 14.9. The zero-order chi connectivity index (χ0) is 17.4. The van der Waals surface area contributed by atoms with Gasteiger partial charge in [-0.1, -0.05) is 6.07 Å². The third-order valence-corrected chi connectivity index (χ3v) is 6.57. The fourth-order valence-corrected chi connectivity index (χ4v) is 4.93. The summed E-state index contributed by atoms with van der Waals surface area (Å²) < 4.78 is 1.98. The minimum atomic E-state index is -0.0621. The first kappa shape index (κ1) is 21.8. The van der Waals surface area contributed by atoms with Gasteiger partial charge in [0.1, 0.15) is 21.8 Å². The largest absolute Gasteiger partial charge is 0.336 e. The summed E-state index contributed by atoms with van der Waals surface area (Å²) in [5.74, 6) is 0.952. The molecule has 27 heavy (non-hydrogen) atoms. The molecule has 0 bridgehead atoms. The first-order valence-electron chi connectivity index (χ1n) is 8.15. The van der Waals surface area contributed by atoms with Crippen LogP contribution in [0.1, 0.15) is 27.2 Å². The summed E-state index contributed by atoms with van der Waals surface area (Å²) in [6.45, 7) is 4.09. The van der Waals surface area contributed by atoms with Gasteiger partial charge in [-0.2, -0.15) is 0 Å². The Bertz CT molecular complexity index is 893. The van der Waals surface area contributed by atoms with Gasteiger partial charge in [0.15, 0.2) is 0 Å². The van der Waals surface area contributed by atoms with E-state index in [2.05, 4.69) is 15.3 Å². The summed E-state index contributed by atoms with van der Waals surface area (Å²) in [4.78, 5) is 26.1. The lowest BCUT2D eigenvalue weighted by molar-refractivity contribution is 0.0625. The maximum absolute atomic E-state index is 13.3. The van der Waals surface area contributed by atoms with Gasteiger partial charge in [0.05, 0.1) is 10.6 Å². The zero-order valence-corrected chi connectivity index (χ0v) is 18.2. The van der Waals surface area contributed by atoms with E-state index in [4.69, 9.17) is 0 Å². The fraction of sp³-hybridized carbons (Fsp3) is 0.353. The van der Waals surface area contributed by atoms with Crippen molar-refractivity contribution >= 4 is 53.4 Å². The first-order valence-corrected chi connectivity index (χ1v) is 9.85. The van der Waals surface area contributed by atoms with Crippen LogP contribution < -0.4 is 5.32 Å². The molecule has 1 atom stereocenters. The predicted octanol–water partition coefficient (Wildman–Crippen LogP) is 3.54. The molecule has 3 aromatic rings. The Morgan fingerprint density at radius 2 is 2.19 bits per heavy atom. The lowest BCUT2D eigenvalue weighted by atomic mass is 10.1. The fourth-order valence-electron chi connectivity index (χ4n) is 3.11. The molecule has 4 rings (SSSR count). The summed E-state index contributed by atoms with van der Waals surface area (Å²) in [6.07, 6.45) is 3.69. The molecule has 3 aromatic heterocycles. The molecule has 1 amide bonds. The highest BCUT2D eigenvalue weighted by Crippen LogP contribution is 2.33. The SMILES string of the molecule is Cc1nc(-c2cccs2)sc1C(=O)N1CCNCC1c1nccn1C.Cl.Cl. The maximum atomic E-state index is 13.3. The predicted molar refractivity (Wildman–Crippen MR) is 115 cm³/mol. The van der Waals surface area contributed by atoms with Gasteiger partial charge in [-0.3, -0.25) is 4.79 Å². The number of piperazine rings is 1. The number of hydrogen-bond donors (Lipinski definition) is 1. The molecule has 0 aromatic carbocycles. The Hall–Kier alpha value is -1.45. The van der Waals surface area contributed by atoms with Crippen molar-refractivity contribution in [3.63, 3.8) is 0 Å². The Balaban J connectivity index is 0.00000131. The molecule has 10 heteroatoms. The van der Waals surface area contributed by atoms with Gasteiger partial charge in [-0.15, -0.1) is 47.5 Å². The van der Waals surface area contributed by atoms with Crippen LogP contribution in [0.2, 0.25) is 0 Å². The minimum absolute atomic E-state index is 0. The Labute approximate surface area is 178 Å². The molecule has 1 unspecified atom stereocenters. The van der Waals surface area contributed by atoms with Crippen LogP contribution in [0.4, 0.5) is 0 Å². The second-order valence-corrected chi connectivity index (χ2v) is 7.97. The van der Waals surface area contributed by atoms with E-state index in [1.54, 1.807) is 17.5 Å². The van der Waals surface area contributed by atoms with E-state index in [0.29, 0.717) is 13.1 Å². The molecule has 1 aliphatic heterocycles. The number of rotatable bonds is 3. The van der Waals surface area contributed by atoms with E-state index in [0.717, 1.165) is 32.8 Å². The molecule has 146 valence electrons. The van der Waals surface area contributed by atoms with Crippen molar-refractivity contribution in [2.45, 2.75) is 13.0 Å². The summed E-state index contributed by atoms with van der Waals surface area (Å²) in [6, 6.07) is 3.98. The smallest absolute Gasteiger partial charge is 0.266 e. The van der Waals surface area contributed by atoms with Gasteiger partial charge in [-0.05, 0) is 18.4 Å². The lowest BCUT2D eigenvalue weighted by Gasteiger charge is -2.35. The number of thiazole rings is 1. The normalized spacial score (nSPS) is 16.5. The van der Waals surface area contributed by atoms with Crippen molar-refractivity contribution in [1.82, 2.24) is 24.8 Å². The topological polar surface area (TPSA) is 63.1 Å². The highest BCUT2D eigenvalue weighted by atomic mass is 35.5. The molecule has 0 radical (unpaired) electrons. The maximum Gasteiger partial charge on any atom is 0.266 e. The van der Waals surface area contributed by atoms with Gasteiger partial charge in [0, 0.05) is 39.1 Å². The average molecular weight is 446 g/mol. The molecule has 0 saturated carbocycles. The standard InChI is InChI=1S/C17H19N5OS2.2ClH/c1-11-14(25-16(20-11)13-4-3-9-24-13)17(23)22-8-5-18-10-12(22)15-19-6-7-21(15)2;;/h3-4,6-7,9,12,18H,5,8,10H2,1-2H3;2*1H. The van der Waals surface area contributed by atoms with Crippen LogP contribution in [0.3, 0.4) is 0 Å². The molecule has 0 spiro atoms. The van der Waals surface area contributed by atoms with E-state index in [-0.39, 0.29) is 36.8 Å². The molecule has 6 nitrogen and oxygen atoms in total. The highest BCUT2D eigenvalue weighted by molar-refractivity contribution is 7.22. The summed E-state index contributed by atoms with van der Waals surface area (Å²) in [5.41, 5.74) is 0.801. The number of amides is 1. The van der Waals surface area contributed by atoms with Crippen LogP contribution in [0.25, 0.3) is 9.88 Å². The Kier molecular flexibility index (Phi) is 7.41. The van der Waals surface area contributed by atoms with Crippen molar-refractivity contribution in [3.8, 4) is 9.88 Å². The Morgan fingerprint density at radius 1 is 1.37 bits per heavy atom. The summed E-state index contributed by atoms with van der Waals surface area (Å²) >= 11 is 3.13. The van der Waals surface area contributed by atoms with Crippen molar-refractivity contribution in [2.24, 2.45) is 7.05 Å². The number of aromatic nitrogens is 3. The molecule has 1 aliphatic rings. The van der Waals surface area contributed by atoms with Gasteiger partial charge >= 0.3 is 0 Å². The van der Waals surface area contributed by atoms with Gasteiger partial charge in [-0.25, -0.2) is 9.97 Å². The second-order valence-electron chi connectivity index (χ2n) is 6.03. The molecular formula is C17H21Cl2N5OS2. The van der Waals surface area contributed by atoms with Gasteiger partial charge < -0.3 is 14.8 Å². The van der Waals surface area contributed by atoms with Crippen LogP contribution in [-0.2, 0) is 7.05 Å². The summed E-state index contributed by atoms with van der Waals surface area (Å²) in [5, 5.41) is 6.32. The lowest BCUT2D eigenvalue weighted by Crippen LogP contribution is -2.49. The van der Waals surface area contributed by atoms with Crippen molar-refractivity contribution in [2.75, 3.05) is 19.6 Å². The molecule has 0 aliphatic carbocycles. The van der Waals surface area contributed by atoms with Crippen LogP contribution >= 0.6 is 47.5 Å². The summed E-state index contributed by atoms with van der Waals surface area (Å²) in [7, 11) is 1.96.